The van der Waals surface area contributed by atoms with Crippen LogP contribution in [0.4, 0.5) is 5.69 Å². The Kier molecular flexibility index (Phi) is 6.71. The number of thioether (sulfide) groups is 1. The molecule has 112 valence electrons. The molecule has 0 amide bonds. The number of benzene rings is 1. The quantitative estimate of drug-likeness (QED) is 0.170. The van der Waals surface area contributed by atoms with Crippen molar-refractivity contribution in [2.24, 2.45) is 16.3 Å². The second kappa shape index (κ2) is 8.04. The summed E-state index contributed by atoms with van der Waals surface area (Å²) < 4.78 is 0. The lowest BCUT2D eigenvalue weighted by Gasteiger charge is -2.22. The standard InChI is InChI=1S/C15H25N3OS/c1-15(2,14(16)18-19)10-4-5-11-17-12-6-8-13(20-3)9-7-12/h6-9,17,19H,4-5,10-11H2,1-3H3,(H2,16,18). The van der Waals surface area contributed by atoms with Crippen molar-refractivity contribution in [3.63, 3.8) is 0 Å². The zero-order valence-corrected chi connectivity index (χ0v) is 13.3. The lowest BCUT2D eigenvalue weighted by Crippen LogP contribution is -2.31. The van der Waals surface area contributed by atoms with Gasteiger partial charge in [-0.25, -0.2) is 0 Å². The first-order valence-electron chi connectivity index (χ1n) is 6.85. The average Bonchev–Trinajstić information content (AvgIpc) is 2.46. The van der Waals surface area contributed by atoms with Crippen molar-refractivity contribution in [3.8, 4) is 0 Å². The van der Waals surface area contributed by atoms with E-state index in [2.05, 4.69) is 41.0 Å². The van der Waals surface area contributed by atoms with Gasteiger partial charge in [-0.2, -0.15) is 0 Å². The van der Waals surface area contributed by atoms with E-state index in [4.69, 9.17) is 10.9 Å². The number of anilines is 1. The fourth-order valence-corrected chi connectivity index (χ4v) is 2.31. The van der Waals surface area contributed by atoms with Gasteiger partial charge in [-0.1, -0.05) is 25.4 Å². The van der Waals surface area contributed by atoms with Crippen LogP contribution >= 0.6 is 11.8 Å². The summed E-state index contributed by atoms with van der Waals surface area (Å²) in [5.74, 6) is 0.304. The maximum absolute atomic E-state index is 8.71. The summed E-state index contributed by atoms with van der Waals surface area (Å²) in [5, 5.41) is 15.2. The molecule has 1 aromatic rings. The number of amidine groups is 1. The normalized spacial score (nSPS) is 12.4. The minimum absolute atomic E-state index is 0.241. The molecule has 4 nitrogen and oxygen atoms in total. The number of hydrogen-bond acceptors (Lipinski definition) is 4. The Bertz CT molecular complexity index is 429. The molecule has 4 N–H and O–H groups in total. The van der Waals surface area contributed by atoms with Gasteiger partial charge in [-0.3, -0.25) is 0 Å². The molecule has 0 atom stereocenters. The zero-order chi connectivity index (χ0) is 15.0. The van der Waals surface area contributed by atoms with E-state index in [-0.39, 0.29) is 5.41 Å². The van der Waals surface area contributed by atoms with Crippen molar-refractivity contribution >= 4 is 23.3 Å². The Morgan fingerprint density at radius 2 is 1.95 bits per heavy atom. The van der Waals surface area contributed by atoms with E-state index in [1.807, 2.05) is 13.8 Å². The predicted octanol–water partition coefficient (Wildman–Crippen LogP) is 3.76. The molecule has 0 bridgehead atoms. The second-order valence-corrected chi connectivity index (χ2v) is 6.36. The van der Waals surface area contributed by atoms with E-state index in [9.17, 15) is 0 Å². The minimum atomic E-state index is -0.241. The summed E-state index contributed by atoms with van der Waals surface area (Å²) in [4.78, 5) is 1.27. The van der Waals surface area contributed by atoms with E-state index in [1.165, 1.54) is 4.90 Å². The smallest absolute Gasteiger partial charge is 0.144 e. The molecule has 0 aliphatic rings. The maximum Gasteiger partial charge on any atom is 0.144 e. The second-order valence-electron chi connectivity index (χ2n) is 5.48. The third kappa shape index (κ3) is 5.33. The van der Waals surface area contributed by atoms with Crippen molar-refractivity contribution < 1.29 is 5.21 Å². The molecule has 0 unspecified atom stereocenters. The highest BCUT2D eigenvalue weighted by Gasteiger charge is 2.22. The van der Waals surface area contributed by atoms with Crippen LogP contribution in [0.1, 0.15) is 33.1 Å². The number of oxime groups is 1. The highest BCUT2D eigenvalue weighted by atomic mass is 32.2. The number of rotatable bonds is 8. The topological polar surface area (TPSA) is 70.6 Å². The van der Waals surface area contributed by atoms with Crippen molar-refractivity contribution in [3.05, 3.63) is 24.3 Å². The average molecular weight is 295 g/mol. The summed E-state index contributed by atoms with van der Waals surface area (Å²) in [6.07, 6.45) is 5.09. The first-order chi connectivity index (χ1) is 9.49. The highest BCUT2D eigenvalue weighted by molar-refractivity contribution is 7.98. The van der Waals surface area contributed by atoms with Crippen LogP contribution in [-0.2, 0) is 0 Å². The van der Waals surface area contributed by atoms with Crippen LogP contribution < -0.4 is 11.1 Å². The van der Waals surface area contributed by atoms with Crippen molar-refractivity contribution in [2.45, 2.75) is 38.0 Å². The molecule has 0 spiro atoms. The molecule has 1 rings (SSSR count). The van der Waals surface area contributed by atoms with Gasteiger partial charge >= 0.3 is 0 Å². The first-order valence-corrected chi connectivity index (χ1v) is 8.08. The van der Waals surface area contributed by atoms with E-state index in [0.29, 0.717) is 5.84 Å². The van der Waals surface area contributed by atoms with Gasteiger partial charge < -0.3 is 16.3 Å². The van der Waals surface area contributed by atoms with Crippen LogP contribution in [0.5, 0.6) is 0 Å². The minimum Gasteiger partial charge on any atom is -0.409 e. The van der Waals surface area contributed by atoms with Crippen molar-refractivity contribution in [1.29, 1.82) is 0 Å². The van der Waals surface area contributed by atoms with Crippen molar-refractivity contribution in [2.75, 3.05) is 18.1 Å². The monoisotopic (exact) mass is 295 g/mol. The fraction of sp³-hybridized carbons (Fsp3) is 0.533. The number of unbranched alkanes of at least 4 members (excludes halogenated alkanes) is 1. The Morgan fingerprint density at radius 3 is 2.50 bits per heavy atom. The van der Waals surface area contributed by atoms with Gasteiger partial charge in [0.05, 0.1) is 0 Å². The van der Waals surface area contributed by atoms with Crippen LogP contribution in [0.2, 0.25) is 0 Å². The molecule has 0 heterocycles. The van der Waals surface area contributed by atoms with Crippen LogP contribution in [0.25, 0.3) is 0 Å². The van der Waals surface area contributed by atoms with E-state index >= 15 is 0 Å². The number of nitrogens with one attached hydrogen (secondary N) is 1. The molecule has 0 aliphatic heterocycles. The van der Waals surface area contributed by atoms with Gasteiger partial charge in [0.2, 0.25) is 0 Å². The van der Waals surface area contributed by atoms with Gasteiger partial charge in [-0.05, 0) is 43.4 Å². The summed E-state index contributed by atoms with van der Waals surface area (Å²) >= 11 is 1.75. The van der Waals surface area contributed by atoms with Gasteiger partial charge in [0.1, 0.15) is 5.84 Å². The van der Waals surface area contributed by atoms with Crippen LogP contribution in [-0.4, -0.2) is 23.8 Å². The molecule has 1 aromatic carbocycles. The van der Waals surface area contributed by atoms with E-state index in [1.54, 1.807) is 11.8 Å². The number of hydrogen-bond donors (Lipinski definition) is 3. The highest BCUT2D eigenvalue weighted by Crippen LogP contribution is 2.23. The zero-order valence-electron chi connectivity index (χ0n) is 12.5. The Hall–Kier alpha value is -1.36. The number of nitrogens with zero attached hydrogens (tertiary/aromatic N) is 1. The van der Waals surface area contributed by atoms with E-state index < -0.39 is 0 Å². The molecular weight excluding hydrogens is 270 g/mol. The molecule has 0 saturated heterocycles. The SMILES string of the molecule is CSc1ccc(NCCCCC(C)(C)/C(N)=N/O)cc1. The molecule has 0 aromatic heterocycles. The van der Waals surface area contributed by atoms with Gasteiger partial charge in [0, 0.05) is 22.5 Å². The number of nitrogens with two attached hydrogens (primary N) is 1. The van der Waals surface area contributed by atoms with Crippen LogP contribution in [0.3, 0.4) is 0 Å². The fourth-order valence-electron chi connectivity index (χ4n) is 1.90. The third-order valence-corrected chi connectivity index (χ3v) is 4.19. The Morgan fingerprint density at radius 1 is 1.30 bits per heavy atom. The third-order valence-electron chi connectivity index (χ3n) is 3.45. The molecular formula is C15H25N3OS. The lowest BCUT2D eigenvalue weighted by molar-refractivity contribution is 0.304. The Balaban J connectivity index is 2.25. The van der Waals surface area contributed by atoms with E-state index in [0.717, 1.165) is 31.5 Å². The summed E-state index contributed by atoms with van der Waals surface area (Å²) in [7, 11) is 0. The first kappa shape index (κ1) is 16.7. The molecule has 0 saturated carbocycles. The van der Waals surface area contributed by atoms with Gasteiger partial charge in [0.25, 0.3) is 0 Å². The van der Waals surface area contributed by atoms with Gasteiger partial charge in [0.15, 0.2) is 0 Å². The summed E-state index contributed by atoms with van der Waals surface area (Å²) in [6.45, 7) is 4.93. The summed E-state index contributed by atoms with van der Waals surface area (Å²) in [6, 6.07) is 8.45. The van der Waals surface area contributed by atoms with Crippen molar-refractivity contribution in [1.82, 2.24) is 0 Å². The molecule has 0 fully saturated rings. The molecule has 20 heavy (non-hydrogen) atoms. The summed E-state index contributed by atoms with van der Waals surface area (Å²) in [5.41, 5.74) is 6.58. The molecule has 0 radical (unpaired) electrons. The van der Waals surface area contributed by atoms with Crippen LogP contribution in [0, 0.1) is 5.41 Å². The predicted molar refractivity (Wildman–Crippen MR) is 87.8 cm³/mol. The maximum atomic E-state index is 8.71. The Labute approximate surface area is 125 Å². The lowest BCUT2D eigenvalue weighted by atomic mass is 9.86. The van der Waals surface area contributed by atoms with Crippen LogP contribution in [0.15, 0.2) is 34.3 Å². The largest absolute Gasteiger partial charge is 0.409 e. The van der Waals surface area contributed by atoms with Gasteiger partial charge in [-0.15, -0.1) is 11.8 Å². The molecule has 0 aliphatic carbocycles. The molecule has 5 heteroatoms.